The van der Waals surface area contributed by atoms with Gasteiger partial charge in [0.25, 0.3) is 0 Å². The number of nitrogens with zero attached hydrogens (tertiary/aromatic N) is 3. The maximum Gasteiger partial charge on any atom is 0.183 e. The SMILES string of the molecule is COc1ccnc(CNC2CCCCC2n2cccn2)c1OC. The summed E-state index contributed by atoms with van der Waals surface area (Å²) in [6, 6.07) is 4.59. The highest BCUT2D eigenvalue weighted by Gasteiger charge is 2.27. The van der Waals surface area contributed by atoms with E-state index < -0.39 is 0 Å². The number of nitrogens with one attached hydrogen (secondary N) is 1. The Morgan fingerprint density at radius 3 is 2.83 bits per heavy atom. The fraction of sp³-hybridized carbons (Fsp3) is 0.529. The van der Waals surface area contributed by atoms with E-state index in [-0.39, 0.29) is 0 Å². The number of pyridine rings is 1. The number of methoxy groups -OCH3 is 2. The van der Waals surface area contributed by atoms with Crippen LogP contribution in [0.3, 0.4) is 0 Å². The lowest BCUT2D eigenvalue weighted by molar-refractivity contribution is 0.244. The van der Waals surface area contributed by atoms with Crippen LogP contribution >= 0.6 is 0 Å². The molecule has 0 spiro atoms. The van der Waals surface area contributed by atoms with Gasteiger partial charge in [0.05, 0.1) is 26.0 Å². The fourth-order valence-corrected chi connectivity index (χ4v) is 3.35. The molecule has 2 aromatic rings. The van der Waals surface area contributed by atoms with E-state index in [0.29, 0.717) is 30.1 Å². The molecule has 0 amide bonds. The lowest BCUT2D eigenvalue weighted by atomic mass is 9.90. The average Bonchev–Trinajstić information content (AvgIpc) is 3.14. The predicted molar refractivity (Wildman–Crippen MR) is 87.7 cm³/mol. The number of hydrogen-bond acceptors (Lipinski definition) is 5. The molecule has 0 radical (unpaired) electrons. The summed E-state index contributed by atoms with van der Waals surface area (Å²) >= 11 is 0. The molecule has 0 aliphatic heterocycles. The van der Waals surface area contributed by atoms with E-state index in [1.165, 1.54) is 12.8 Å². The second kappa shape index (κ2) is 7.46. The number of hydrogen-bond donors (Lipinski definition) is 1. The highest BCUT2D eigenvalue weighted by atomic mass is 16.5. The van der Waals surface area contributed by atoms with Gasteiger partial charge in [-0.1, -0.05) is 12.8 Å². The van der Waals surface area contributed by atoms with Crippen molar-refractivity contribution in [2.24, 2.45) is 0 Å². The summed E-state index contributed by atoms with van der Waals surface area (Å²) < 4.78 is 12.9. The van der Waals surface area contributed by atoms with Gasteiger partial charge in [-0.3, -0.25) is 9.67 Å². The Hall–Kier alpha value is -2.08. The first-order valence-electron chi connectivity index (χ1n) is 8.12. The van der Waals surface area contributed by atoms with Crippen molar-refractivity contribution in [3.05, 3.63) is 36.4 Å². The van der Waals surface area contributed by atoms with Crippen molar-refractivity contribution in [1.82, 2.24) is 20.1 Å². The standard InChI is InChI=1S/C17H24N4O2/c1-22-16-8-10-18-14(17(16)23-2)12-19-13-6-3-4-7-15(13)21-11-5-9-20-21/h5,8-11,13,15,19H,3-4,6-7,12H2,1-2H3. The minimum Gasteiger partial charge on any atom is -0.493 e. The maximum atomic E-state index is 5.46. The predicted octanol–water partition coefficient (Wildman–Crippen LogP) is 2.57. The van der Waals surface area contributed by atoms with Crippen LogP contribution in [0.2, 0.25) is 0 Å². The van der Waals surface area contributed by atoms with Crippen molar-refractivity contribution in [2.75, 3.05) is 14.2 Å². The van der Waals surface area contributed by atoms with Crippen molar-refractivity contribution in [3.8, 4) is 11.5 Å². The van der Waals surface area contributed by atoms with E-state index in [4.69, 9.17) is 9.47 Å². The molecule has 2 atom stereocenters. The molecule has 124 valence electrons. The van der Waals surface area contributed by atoms with Crippen molar-refractivity contribution in [1.29, 1.82) is 0 Å². The van der Waals surface area contributed by atoms with Crippen LogP contribution in [0.4, 0.5) is 0 Å². The van der Waals surface area contributed by atoms with E-state index >= 15 is 0 Å². The van der Waals surface area contributed by atoms with E-state index in [1.807, 2.05) is 18.3 Å². The molecule has 0 bridgehead atoms. The Balaban J connectivity index is 1.71. The van der Waals surface area contributed by atoms with Gasteiger partial charge in [-0.05, 0) is 18.9 Å². The van der Waals surface area contributed by atoms with Gasteiger partial charge >= 0.3 is 0 Å². The van der Waals surface area contributed by atoms with Gasteiger partial charge in [-0.25, -0.2) is 0 Å². The third-order valence-corrected chi connectivity index (χ3v) is 4.49. The zero-order valence-corrected chi connectivity index (χ0v) is 13.7. The quantitative estimate of drug-likeness (QED) is 0.887. The van der Waals surface area contributed by atoms with Crippen LogP contribution in [-0.4, -0.2) is 35.0 Å². The van der Waals surface area contributed by atoms with Gasteiger partial charge in [0.1, 0.15) is 0 Å². The number of ether oxygens (including phenoxy) is 2. The molecule has 2 aromatic heterocycles. The van der Waals surface area contributed by atoms with Crippen LogP contribution in [0.5, 0.6) is 11.5 Å². The molecule has 1 fully saturated rings. The summed E-state index contributed by atoms with van der Waals surface area (Å²) in [5.41, 5.74) is 0.872. The average molecular weight is 316 g/mol. The molecule has 2 unspecified atom stereocenters. The van der Waals surface area contributed by atoms with Crippen LogP contribution in [-0.2, 0) is 6.54 Å². The molecule has 1 saturated carbocycles. The van der Waals surface area contributed by atoms with Gasteiger partial charge in [0.15, 0.2) is 11.5 Å². The minimum absolute atomic E-state index is 0.390. The van der Waals surface area contributed by atoms with Gasteiger partial charge in [0, 0.05) is 37.2 Å². The fourth-order valence-electron chi connectivity index (χ4n) is 3.35. The third-order valence-electron chi connectivity index (χ3n) is 4.49. The first-order valence-corrected chi connectivity index (χ1v) is 8.12. The van der Waals surface area contributed by atoms with Crippen LogP contribution in [0.25, 0.3) is 0 Å². The third kappa shape index (κ3) is 3.47. The van der Waals surface area contributed by atoms with Gasteiger partial charge in [-0.15, -0.1) is 0 Å². The minimum atomic E-state index is 0.390. The van der Waals surface area contributed by atoms with Crippen LogP contribution in [0.1, 0.15) is 37.4 Å². The van der Waals surface area contributed by atoms with Gasteiger partial charge in [0.2, 0.25) is 0 Å². The molecular formula is C17H24N4O2. The molecule has 6 nitrogen and oxygen atoms in total. The summed E-state index contributed by atoms with van der Waals surface area (Å²) in [4.78, 5) is 4.44. The van der Waals surface area contributed by atoms with Crippen molar-refractivity contribution < 1.29 is 9.47 Å². The lowest BCUT2D eigenvalue weighted by Gasteiger charge is -2.32. The highest BCUT2D eigenvalue weighted by Crippen LogP contribution is 2.31. The normalized spacial score (nSPS) is 21.1. The largest absolute Gasteiger partial charge is 0.493 e. The van der Waals surface area contributed by atoms with Crippen molar-refractivity contribution in [3.63, 3.8) is 0 Å². The second-order valence-corrected chi connectivity index (χ2v) is 5.82. The molecule has 1 N–H and O–H groups in total. The Morgan fingerprint density at radius 1 is 1.22 bits per heavy atom. The Bertz CT molecular complexity index is 615. The van der Waals surface area contributed by atoms with E-state index in [1.54, 1.807) is 20.4 Å². The zero-order valence-electron chi connectivity index (χ0n) is 13.7. The molecule has 2 heterocycles. The monoisotopic (exact) mass is 316 g/mol. The number of rotatable bonds is 6. The zero-order chi connectivity index (χ0) is 16.1. The van der Waals surface area contributed by atoms with E-state index in [0.717, 1.165) is 18.5 Å². The molecule has 6 heteroatoms. The number of aromatic nitrogens is 3. The van der Waals surface area contributed by atoms with Crippen LogP contribution in [0, 0.1) is 0 Å². The highest BCUT2D eigenvalue weighted by molar-refractivity contribution is 5.42. The Morgan fingerprint density at radius 2 is 2.09 bits per heavy atom. The van der Waals surface area contributed by atoms with Gasteiger partial charge in [-0.2, -0.15) is 5.10 Å². The smallest absolute Gasteiger partial charge is 0.183 e. The summed E-state index contributed by atoms with van der Waals surface area (Å²) in [5.74, 6) is 1.42. The summed E-state index contributed by atoms with van der Waals surface area (Å²) in [5, 5.41) is 8.07. The van der Waals surface area contributed by atoms with Crippen LogP contribution in [0.15, 0.2) is 30.7 Å². The first-order chi connectivity index (χ1) is 11.3. The summed E-state index contributed by atoms with van der Waals surface area (Å²) in [7, 11) is 3.29. The van der Waals surface area contributed by atoms with E-state index in [9.17, 15) is 0 Å². The van der Waals surface area contributed by atoms with Crippen molar-refractivity contribution >= 4 is 0 Å². The Labute approximate surface area is 136 Å². The molecule has 0 aromatic carbocycles. The Kier molecular flexibility index (Phi) is 5.12. The lowest BCUT2D eigenvalue weighted by Crippen LogP contribution is -2.39. The molecular weight excluding hydrogens is 292 g/mol. The molecule has 23 heavy (non-hydrogen) atoms. The first kappa shape index (κ1) is 15.8. The summed E-state index contributed by atoms with van der Waals surface area (Å²) in [6.07, 6.45) is 10.5. The second-order valence-electron chi connectivity index (χ2n) is 5.82. The van der Waals surface area contributed by atoms with Crippen LogP contribution < -0.4 is 14.8 Å². The topological polar surface area (TPSA) is 61.2 Å². The molecule has 1 aliphatic carbocycles. The maximum absolute atomic E-state index is 5.46. The molecule has 3 rings (SSSR count). The molecule has 0 saturated heterocycles. The van der Waals surface area contributed by atoms with Gasteiger partial charge < -0.3 is 14.8 Å². The summed E-state index contributed by atoms with van der Waals surface area (Å²) in [6.45, 7) is 0.656. The van der Waals surface area contributed by atoms with Crippen molar-refractivity contribution in [2.45, 2.75) is 44.3 Å². The molecule has 1 aliphatic rings. The van der Waals surface area contributed by atoms with E-state index in [2.05, 4.69) is 26.3 Å².